The van der Waals surface area contributed by atoms with Crippen LogP contribution in [0.25, 0.3) is 0 Å². The van der Waals surface area contributed by atoms with Crippen LogP contribution in [0.4, 0.5) is 10.7 Å². The number of hydrogen-bond donors (Lipinski definition) is 2. The highest BCUT2D eigenvalue weighted by atomic mass is 32.1. The average Bonchev–Trinajstić information content (AvgIpc) is 2.78. The zero-order chi connectivity index (χ0) is 13.0. The molecule has 2 aromatic heterocycles. The zero-order valence-corrected chi connectivity index (χ0v) is 11.0. The normalized spacial score (nSPS) is 10.3. The number of hydrogen-bond acceptors (Lipinski definition) is 5. The summed E-state index contributed by atoms with van der Waals surface area (Å²) in [6, 6.07) is 5.70. The summed E-state index contributed by atoms with van der Waals surface area (Å²) in [7, 11) is 0. The Labute approximate surface area is 110 Å². The number of carbonyl (C=O) groups is 1. The van der Waals surface area contributed by atoms with Crippen LogP contribution in [0.5, 0.6) is 0 Å². The summed E-state index contributed by atoms with van der Waals surface area (Å²) in [5.74, 6) is 0.0897. The topological polar surface area (TPSA) is 68.0 Å². The van der Waals surface area contributed by atoms with E-state index in [1.54, 1.807) is 6.20 Å². The zero-order valence-electron chi connectivity index (χ0n) is 10.1. The molecule has 0 aliphatic rings. The molecular formula is C13H15N3OS. The van der Waals surface area contributed by atoms with E-state index in [4.69, 9.17) is 5.73 Å². The molecule has 18 heavy (non-hydrogen) atoms. The van der Waals surface area contributed by atoms with Gasteiger partial charge in [0.2, 0.25) is 0 Å². The van der Waals surface area contributed by atoms with Crippen molar-refractivity contribution in [2.24, 2.45) is 0 Å². The Morgan fingerprint density at radius 3 is 3.06 bits per heavy atom. The molecule has 0 spiro atoms. The standard InChI is InChI=1S/C13H15N3OS/c1-2-11(17)13-10(14)6-12(18-13)16-8-9-4-3-5-15-7-9/h3-7,16H,2,8,14H2,1H3. The molecule has 0 atom stereocenters. The highest BCUT2D eigenvalue weighted by molar-refractivity contribution is 7.18. The van der Waals surface area contributed by atoms with Gasteiger partial charge < -0.3 is 11.1 Å². The first-order chi connectivity index (χ1) is 8.70. The molecule has 2 heterocycles. The third-order valence-electron chi connectivity index (χ3n) is 2.52. The van der Waals surface area contributed by atoms with Gasteiger partial charge in [0.25, 0.3) is 0 Å². The van der Waals surface area contributed by atoms with Gasteiger partial charge in [0.15, 0.2) is 5.78 Å². The van der Waals surface area contributed by atoms with Crippen molar-refractivity contribution in [1.29, 1.82) is 0 Å². The number of Topliss-reactive ketones (excluding diaryl/α,β-unsaturated/α-hetero) is 1. The summed E-state index contributed by atoms with van der Waals surface area (Å²) in [6.45, 7) is 2.51. The van der Waals surface area contributed by atoms with Crippen molar-refractivity contribution < 1.29 is 4.79 Å². The van der Waals surface area contributed by atoms with Gasteiger partial charge in [-0.15, -0.1) is 11.3 Å². The second kappa shape index (κ2) is 5.64. The van der Waals surface area contributed by atoms with Crippen LogP contribution in [0.3, 0.4) is 0 Å². The SMILES string of the molecule is CCC(=O)c1sc(NCc2cccnc2)cc1N. The molecule has 3 N–H and O–H groups in total. The summed E-state index contributed by atoms with van der Waals surface area (Å²) >= 11 is 1.41. The number of nitrogens with zero attached hydrogens (tertiary/aromatic N) is 1. The van der Waals surface area contributed by atoms with Crippen molar-refractivity contribution in [2.75, 3.05) is 11.1 Å². The van der Waals surface area contributed by atoms with E-state index in [0.29, 0.717) is 23.5 Å². The van der Waals surface area contributed by atoms with Gasteiger partial charge in [0, 0.05) is 25.4 Å². The Kier molecular flexibility index (Phi) is 3.94. The fourth-order valence-electron chi connectivity index (χ4n) is 1.56. The van der Waals surface area contributed by atoms with Crippen molar-refractivity contribution >= 4 is 27.8 Å². The van der Waals surface area contributed by atoms with Crippen LogP contribution in [0.2, 0.25) is 0 Å². The molecule has 0 unspecified atom stereocenters. The molecule has 2 rings (SSSR count). The Morgan fingerprint density at radius 2 is 2.39 bits per heavy atom. The lowest BCUT2D eigenvalue weighted by molar-refractivity contribution is 0.0993. The van der Waals surface area contributed by atoms with Crippen molar-refractivity contribution in [3.05, 3.63) is 41.0 Å². The van der Waals surface area contributed by atoms with Gasteiger partial charge in [-0.3, -0.25) is 9.78 Å². The van der Waals surface area contributed by atoms with Gasteiger partial charge in [-0.25, -0.2) is 0 Å². The number of nitrogens with two attached hydrogens (primary N) is 1. The first kappa shape index (κ1) is 12.6. The molecule has 0 saturated carbocycles. The number of nitrogen functional groups attached to an aromatic ring is 1. The predicted molar refractivity (Wildman–Crippen MR) is 74.9 cm³/mol. The van der Waals surface area contributed by atoms with Crippen LogP contribution in [0, 0.1) is 0 Å². The molecule has 0 aromatic carbocycles. The van der Waals surface area contributed by atoms with Crippen molar-refractivity contribution in [1.82, 2.24) is 4.98 Å². The smallest absolute Gasteiger partial charge is 0.174 e. The number of anilines is 2. The molecule has 0 aliphatic carbocycles. The average molecular weight is 261 g/mol. The van der Waals surface area contributed by atoms with E-state index >= 15 is 0 Å². The lowest BCUT2D eigenvalue weighted by Gasteiger charge is -2.02. The Balaban J connectivity index is 2.05. The van der Waals surface area contributed by atoms with E-state index in [2.05, 4.69) is 10.3 Å². The number of rotatable bonds is 5. The Bertz CT molecular complexity index is 536. The number of nitrogens with one attached hydrogen (secondary N) is 1. The Morgan fingerprint density at radius 1 is 1.56 bits per heavy atom. The van der Waals surface area contributed by atoms with Crippen LogP contribution < -0.4 is 11.1 Å². The van der Waals surface area contributed by atoms with E-state index in [-0.39, 0.29) is 5.78 Å². The third kappa shape index (κ3) is 2.87. The highest BCUT2D eigenvalue weighted by Crippen LogP contribution is 2.30. The molecule has 0 fully saturated rings. The molecule has 94 valence electrons. The molecule has 0 bridgehead atoms. The van der Waals surface area contributed by atoms with Crippen LogP contribution in [-0.2, 0) is 6.54 Å². The van der Waals surface area contributed by atoms with Gasteiger partial charge in [0.05, 0.1) is 15.6 Å². The first-order valence-corrected chi connectivity index (χ1v) is 6.57. The monoisotopic (exact) mass is 261 g/mol. The van der Waals surface area contributed by atoms with Gasteiger partial charge >= 0.3 is 0 Å². The minimum Gasteiger partial charge on any atom is -0.397 e. The number of aromatic nitrogens is 1. The van der Waals surface area contributed by atoms with Crippen LogP contribution in [-0.4, -0.2) is 10.8 Å². The fraction of sp³-hybridized carbons (Fsp3) is 0.231. The van der Waals surface area contributed by atoms with E-state index in [9.17, 15) is 4.79 Å². The number of ketones is 1. The summed E-state index contributed by atoms with van der Waals surface area (Å²) in [6.07, 6.45) is 4.03. The minimum atomic E-state index is 0.0897. The van der Waals surface area contributed by atoms with E-state index in [0.717, 1.165) is 10.6 Å². The van der Waals surface area contributed by atoms with Crippen molar-refractivity contribution in [2.45, 2.75) is 19.9 Å². The molecule has 2 aromatic rings. The first-order valence-electron chi connectivity index (χ1n) is 5.76. The van der Waals surface area contributed by atoms with E-state index in [1.807, 2.05) is 31.3 Å². The molecule has 0 amide bonds. The van der Waals surface area contributed by atoms with Gasteiger partial charge in [-0.1, -0.05) is 13.0 Å². The molecule has 0 radical (unpaired) electrons. The maximum absolute atomic E-state index is 11.6. The molecule has 0 aliphatic heterocycles. The number of carbonyl (C=O) groups excluding carboxylic acids is 1. The van der Waals surface area contributed by atoms with E-state index in [1.165, 1.54) is 11.3 Å². The quantitative estimate of drug-likeness (QED) is 0.812. The largest absolute Gasteiger partial charge is 0.397 e. The van der Waals surface area contributed by atoms with Crippen molar-refractivity contribution in [3.8, 4) is 0 Å². The van der Waals surface area contributed by atoms with Crippen molar-refractivity contribution in [3.63, 3.8) is 0 Å². The van der Waals surface area contributed by atoms with E-state index < -0.39 is 0 Å². The fourth-order valence-corrected chi connectivity index (χ4v) is 2.55. The second-order valence-corrected chi connectivity index (χ2v) is 4.94. The number of pyridine rings is 1. The molecular weight excluding hydrogens is 246 g/mol. The highest BCUT2D eigenvalue weighted by Gasteiger charge is 2.12. The molecule has 4 nitrogen and oxygen atoms in total. The number of thiophene rings is 1. The van der Waals surface area contributed by atoms with Crippen LogP contribution >= 0.6 is 11.3 Å². The maximum Gasteiger partial charge on any atom is 0.174 e. The second-order valence-electron chi connectivity index (χ2n) is 3.89. The van der Waals surface area contributed by atoms with Gasteiger partial charge in [0.1, 0.15) is 0 Å². The summed E-state index contributed by atoms with van der Waals surface area (Å²) < 4.78 is 0. The maximum atomic E-state index is 11.6. The summed E-state index contributed by atoms with van der Waals surface area (Å²) in [4.78, 5) is 16.3. The van der Waals surface area contributed by atoms with Crippen LogP contribution in [0.15, 0.2) is 30.6 Å². The lowest BCUT2D eigenvalue weighted by Crippen LogP contribution is -1.97. The Hall–Kier alpha value is -1.88. The minimum absolute atomic E-state index is 0.0897. The lowest BCUT2D eigenvalue weighted by atomic mass is 10.2. The van der Waals surface area contributed by atoms with Gasteiger partial charge in [-0.05, 0) is 17.7 Å². The molecule has 0 saturated heterocycles. The third-order valence-corrected chi connectivity index (χ3v) is 3.67. The summed E-state index contributed by atoms with van der Waals surface area (Å²) in [5, 5.41) is 4.16. The summed E-state index contributed by atoms with van der Waals surface area (Å²) in [5.41, 5.74) is 7.47. The molecule has 5 heteroatoms. The van der Waals surface area contributed by atoms with Crippen LogP contribution in [0.1, 0.15) is 28.6 Å². The van der Waals surface area contributed by atoms with Gasteiger partial charge in [-0.2, -0.15) is 0 Å². The predicted octanol–water partition coefficient (Wildman–Crippen LogP) is 2.93.